The Hall–Kier alpha value is -1.31. The van der Waals surface area contributed by atoms with Crippen molar-refractivity contribution in [3.05, 3.63) is 18.2 Å². The zero-order valence-electron chi connectivity index (χ0n) is 12.9. The van der Waals surface area contributed by atoms with Gasteiger partial charge in [-0.1, -0.05) is 11.3 Å². The maximum absolute atomic E-state index is 12.2. The van der Waals surface area contributed by atoms with Gasteiger partial charge in [0.2, 0.25) is 0 Å². The van der Waals surface area contributed by atoms with Crippen LogP contribution in [0.1, 0.15) is 12.8 Å². The molecule has 0 radical (unpaired) electrons. The minimum absolute atomic E-state index is 0.0166. The van der Waals surface area contributed by atoms with E-state index in [9.17, 15) is 4.79 Å². The molecule has 2 aliphatic rings. The number of benzene rings is 1. The Kier molecular flexibility index (Phi) is 4.17. The molecule has 2 heterocycles. The van der Waals surface area contributed by atoms with Gasteiger partial charge in [0.15, 0.2) is 11.2 Å². The summed E-state index contributed by atoms with van der Waals surface area (Å²) in [6.07, 6.45) is 3.88. The van der Waals surface area contributed by atoms with Crippen LogP contribution in [0, 0.1) is 0 Å². The number of thiazole rings is 1. The van der Waals surface area contributed by atoms with Gasteiger partial charge in [-0.05, 0) is 37.3 Å². The highest BCUT2D eigenvalue weighted by Crippen LogP contribution is 2.32. The van der Waals surface area contributed by atoms with E-state index in [0.29, 0.717) is 19.2 Å². The molecule has 1 aliphatic carbocycles. The summed E-state index contributed by atoms with van der Waals surface area (Å²) in [4.78, 5) is 20.3. The van der Waals surface area contributed by atoms with Crippen LogP contribution in [0.5, 0.6) is 0 Å². The number of nitrogens with zero attached hydrogens (tertiary/aromatic N) is 2. The lowest BCUT2D eigenvalue weighted by Crippen LogP contribution is -2.50. The lowest BCUT2D eigenvalue weighted by atomic mass is 10.2. The SMILES string of the molecule is CSc1ccc2nc(N3CCOC(C(=O)NC4CC4)C3)sc2c1. The van der Waals surface area contributed by atoms with Gasteiger partial charge in [-0.3, -0.25) is 4.79 Å². The predicted molar refractivity (Wildman–Crippen MR) is 94.5 cm³/mol. The molecule has 2 aromatic rings. The molecule has 1 N–H and O–H groups in total. The van der Waals surface area contributed by atoms with E-state index in [1.807, 2.05) is 0 Å². The zero-order valence-corrected chi connectivity index (χ0v) is 14.6. The van der Waals surface area contributed by atoms with Crippen LogP contribution < -0.4 is 10.2 Å². The zero-order chi connectivity index (χ0) is 15.8. The summed E-state index contributed by atoms with van der Waals surface area (Å²) in [6, 6.07) is 6.72. The van der Waals surface area contributed by atoms with Crippen molar-refractivity contribution in [1.29, 1.82) is 0 Å². The molecule has 4 rings (SSSR count). The number of rotatable bonds is 4. The molecule has 1 amide bonds. The van der Waals surface area contributed by atoms with Crippen LogP contribution in [-0.2, 0) is 9.53 Å². The number of carbonyl (C=O) groups excluding carboxylic acids is 1. The van der Waals surface area contributed by atoms with Crippen LogP contribution in [0.2, 0.25) is 0 Å². The molecular formula is C16H19N3O2S2. The third-order valence-electron chi connectivity index (χ3n) is 4.14. The maximum Gasteiger partial charge on any atom is 0.251 e. The average molecular weight is 349 g/mol. The number of amides is 1. The van der Waals surface area contributed by atoms with E-state index in [-0.39, 0.29) is 5.91 Å². The first kappa shape index (κ1) is 15.2. The lowest BCUT2D eigenvalue weighted by molar-refractivity contribution is -0.133. The topological polar surface area (TPSA) is 54.5 Å². The van der Waals surface area contributed by atoms with Gasteiger partial charge < -0.3 is 15.0 Å². The molecule has 1 saturated heterocycles. The van der Waals surface area contributed by atoms with Crippen LogP contribution in [0.3, 0.4) is 0 Å². The highest BCUT2D eigenvalue weighted by Gasteiger charge is 2.32. The van der Waals surface area contributed by atoms with Crippen molar-refractivity contribution in [2.24, 2.45) is 0 Å². The molecule has 7 heteroatoms. The summed E-state index contributed by atoms with van der Waals surface area (Å²) in [6.45, 7) is 1.92. The lowest BCUT2D eigenvalue weighted by Gasteiger charge is -2.31. The number of aromatic nitrogens is 1. The van der Waals surface area contributed by atoms with Crippen molar-refractivity contribution in [2.75, 3.05) is 30.9 Å². The van der Waals surface area contributed by atoms with E-state index in [4.69, 9.17) is 9.72 Å². The van der Waals surface area contributed by atoms with E-state index in [2.05, 4.69) is 34.7 Å². The Morgan fingerprint density at radius 1 is 1.48 bits per heavy atom. The first-order valence-electron chi connectivity index (χ1n) is 7.84. The van der Waals surface area contributed by atoms with Crippen LogP contribution in [-0.4, -0.2) is 49.0 Å². The van der Waals surface area contributed by atoms with E-state index in [1.165, 1.54) is 9.60 Å². The van der Waals surface area contributed by atoms with Gasteiger partial charge in [-0.15, -0.1) is 11.8 Å². The predicted octanol–water partition coefficient (Wildman–Crippen LogP) is 2.50. The number of morpholine rings is 1. The summed E-state index contributed by atoms with van der Waals surface area (Å²) < 4.78 is 6.84. The molecular weight excluding hydrogens is 330 g/mol. The molecule has 1 atom stereocenters. The molecule has 122 valence electrons. The molecule has 1 saturated carbocycles. The Bertz CT molecular complexity index is 729. The number of nitrogens with one attached hydrogen (secondary N) is 1. The quantitative estimate of drug-likeness (QED) is 0.860. The second-order valence-electron chi connectivity index (χ2n) is 5.92. The van der Waals surface area contributed by atoms with Crippen LogP contribution in [0.4, 0.5) is 5.13 Å². The third-order valence-corrected chi connectivity index (χ3v) is 5.94. The second kappa shape index (κ2) is 6.30. The monoisotopic (exact) mass is 349 g/mol. The molecule has 1 unspecified atom stereocenters. The highest BCUT2D eigenvalue weighted by atomic mass is 32.2. The van der Waals surface area contributed by atoms with Crippen LogP contribution in [0.15, 0.2) is 23.1 Å². The fraction of sp³-hybridized carbons (Fsp3) is 0.500. The first-order chi connectivity index (χ1) is 11.2. The van der Waals surface area contributed by atoms with Crippen molar-refractivity contribution in [3.63, 3.8) is 0 Å². The van der Waals surface area contributed by atoms with Crippen molar-refractivity contribution < 1.29 is 9.53 Å². The fourth-order valence-corrected chi connectivity index (χ4v) is 4.21. The summed E-state index contributed by atoms with van der Waals surface area (Å²) in [5.74, 6) is 0.0166. The third kappa shape index (κ3) is 3.32. The van der Waals surface area contributed by atoms with Gasteiger partial charge >= 0.3 is 0 Å². The van der Waals surface area contributed by atoms with Gasteiger partial charge in [-0.2, -0.15) is 0 Å². The summed E-state index contributed by atoms with van der Waals surface area (Å²) in [5, 5.41) is 4.00. The second-order valence-corrected chi connectivity index (χ2v) is 7.81. The van der Waals surface area contributed by atoms with E-state index in [1.54, 1.807) is 23.1 Å². The van der Waals surface area contributed by atoms with Crippen molar-refractivity contribution in [3.8, 4) is 0 Å². The highest BCUT2D eigenvalue weighted by molar-refractivity contribution is 7.98. The Labute approximate surface area is 143 Å². The van der Waals surface area contributed by atoms with Gasteiger partial charge in [0.25, 0.3) is 5.91 Å². The van der Waals surface area contributed by atoms with E-state index >= 15 is 0 Å². The number of fused-ring (bicyclic) bond motifs is 1. The molecule has 1 aromatic heterocycles. The number of hydrogen-bond donors (Lipinski definition) is 1. The summed E-state index contributed by atoms with van der Waals surface area (Å²) >= 11 is 3.42. The standard InChI is InChI=1S/C16H19N3O2S2/c1-22-11-4-5-12-14(8-11)23-16(18-12)19-6-7-21-13(9-19)15(20)17-10-2-3-10/h4-5,8,10,13H,2-3,6-7,9H2,1H3,(H,17,20). The molecule has 23 heavy (non-hydrogen) atoms. The van der Waals surface area contributed by atoms with E-state index < -0.39 is 6.10 Å². The largest absolute Gasteiger partial charge is 0.365 e. The van der Waals surface area contributed by atoms with Gasteiger partial charge in [-0.25, -0.2) is 4.98 Å². The number of hydrogen-bond acceptors (Lipinski definition) is 6. The Morgan fingerprint density at radius 3 is 3.13 bits per heavy atom. The number of thioether (sulfide) groups is 1. The molecule has 2 fully saturated rings. The Balaban J connectivity index is 1.51. The van der Waals surface area contributed by atoms with Crippen LogP contribution in [0.25, 0.3) is 10.2 Å². The average Bonchev–Trinajstić information content (AvgIpc) is 3.29. The molecule has 1 aliphatic heterocycles. The van der Waals surface area contributed by atoms with Gasteiger partial charge in [0, 0.05) is 17.5 Å². The van der Waals surface area contributed by atoms with Crippen LogP contribution >= 0.6 is 23.1 Å². The Morgan fingerprint density at radius 2 is 2.35 bits per heavy atom. The molecule has 0 bridgehead atoms. The van der Waals surface area contributed by atoms with Crippen molar-refractivity contribution in [1.82, 2.24) is 10.3 Å². The first-order valence-corrected chi connectivity index (χ1v) is 9.88. The van der Waals surface area contributed by atoms with Crippen molar-refractivity contribution >= 4 is 44.4 Å². The number of ether oxygens (including phenoxy) is 1. The normalized spacial score (nSPS) is 21.6. The molecule has 5 nitrogen and oxygen atoms in total. The summed E-state index contributed by atoms with van der Waals surface area (Å²) in [5.41, 5.74) is 1.02. The number of anilines is 1. The smallest absolute Gasteiger partial charge is 0.251 e. The minimum Gasteiger partial charge on any atom is -0.365 e. The maximum atomic E-state index is 12.2. The van der Waals surface area contributed by atoms with Gasteiger partial charge in [0.05, 0.1) is 23.4 Å². The summed E-state index contributed by atoms with van der Waals surface area (Å²) in [7, 11) is 0. The molecule has 0 spiro atoms. The fourth-order valence-electron chi connectivity index (χ4n) is 2.66. The number of carbonyl (C=O) groups is 1. The molecule has 1 aromatic carbocycles. The minimum atomic E-state index is -0.391. The van der Waals surface area contributed by atoms with Crippen molar-refractivity contribution in [2.45, 2.75) is 29.9 Å². The van der Waals surface area contributed by atoms with E-state index in [0.717, 1.165) is 30.0 Å². The van der Waals surface area contributed by atoms with Gasteiger partial charge in [0.1, 0.15) is 0 Å².